The standard InChI is InChI=1S/5C22H35ClN4O/c5*1-17-5-4-6-20(21(17)23)27-15-13-26(14-16-27)12-11-18-7-9-19(10-8-18)24-22(28)25(2)3/h5*4-6,18-19H,7-16H2,1-3H3,(H,24,28)/i2D3,7D2,8D2,9D2,10D2,11D2,12D2,13D2,14D2,15D2,16D2,18D,19D;7D2,8D2,9D2,10D2,11D2,12D2,13D2,14D2,15D2,16D2,18D,19D;4D,5D,6D,11D2;2D3,4D,5D,6D;4D,5D,6D. The molecule has 10 aliphatic rings. The van der Waals surface area contributed by atoms with E-state index in [0.29, 0.717) is 105 Å². The third kappa shape index (κ3) is 35.8. The van der Waals surface area contributed by atoms with Gasteiger partial charge in [0.1, 0.15) is 0 Å². The van der Waals surface area contributed by atoms with Crippen LogP contribution < -0.4 is 51.1 Å². The van der Waals surface area contributed by atoms with E-state index in [9.17, 15) is 24.0 Å². The topological polar surface area (TPSA) is 194 Å². The van der Waals surface area contributed by atoms with Gasteiger partial charge in [-0.3, -0.25) is 24.5 Å². The van der Waals surface area contributed by atoms with E-state index in [0.717, 1.165) is 173 Å². The second kappa shape index (κ2) is 57.6. The van der Waals surface area contributed by atoms with Crippen LogP contribution in [0.1, 0.15) is 271 Å². The van der Waals surface area contributed by atoms with Crippen molar-refractivity contribution in [2.45, 2.75) is 225 Å². The fourth-order valence-corrected chi connectivity index (χ4v) is 17.1. The number of amides is 10. The Morgan fingerprint density at radius 3 is 0.936 bits per heavy atom. The van der Waals surface area contributed by atoms with Crippen molar-refractivity contribution in [3.05, 3.63) is 144 Å². The molecule has 0 aromatic heterocycles. The minimum absolute atomic E-state index is 0.00218. The summed E-state index contributed by atoms with van der Waals surface area (Å²) in [6.07, 6.45) is -34.1. The maximum absolute atomic E-state index is 12.8. The summed E-state index contributed by atoms with van der Waals surface area (Å²) in [4.78, 5) is 76.5. The van der Waals surface area contributed by atoms with Gasteiger partial charge < -0.3 is 75.6 Å². The number of benzene rings is 5. The lowest BCUT2D eigenvalue weighted by atomic mass is 9.84. The Hall–Kier alpha value is -7.30. The first kappa shape index (κ1) is 55.5. The van der Waals surface area contributed by atoms with Gasteiger partial charge >= 0.3 is 30.2 Å². The lowest BCUT2D eigenvalue weighted by Gasteiger charge is -2.37. The van der Waals surface area contributed by atoms with E-state index in [-0.39, 0.29) is 115 Å². The van der Waals surface area contributed by atoms with Gasteiger partial charge in [0, 0.05) is 289 Å². The molecule has 0 bridgehead atoms. The number of anilines is 5. The molecule has 5 saturated carbocycles. The van der Waals surface area contributed by atoms with Crippen LogP contribution >= 0.6 is 58.0 Å². The van der Waals surface area contributed by atoms with Gasteiger partial charge in [0.15, 0.2) is 0 Å². The van der Waals surface area contributed by atoms with Crippen molar-refractivity contribution in [3.8, 4) is 0 Å². The van der Waals surface area contributed by atoms with E-state index in [2.05, 4.69) is 40.4 Å². The van der Waals surface area contributed by atoms with E-state index < -0.39 is 217 Å². The quantitative estimate of drug-likeness (QED) is 0.0370. The molecule has 10 amide bonds. The number of urea groups is 5. The Kier molecular flexibility index (Phi) is 22.8. The first-order chi connectivity index (χ1) is 90.7. The van der Waals surface area contributed by atoms with Crippen molar-refractivity contribution >= 4 is 117 Å². The van der Waals surface area contributed by atoms with Crippen LogP contribution in [0.3, 0.4) is 0 Å². The van der Waals surface area contributed by atoms with Crippen LogP contribution in [0.4, 0.5) is 52.4 Å². The summed E-state index contributed by atoms with van der Waals surface area (Å²) in [5.41, 5.74) is 2.42. The highest BCUT2D eigenvalue weighted by Gasteiger charge is 2.33. The largest absolute Gasteiger partial charge is 0.368 e. The van der Waals surface area contributed by atoms with Gasteiger partial charge in [0.25, 0.3) is 0 Å². The molecule has 5 saturated heterocycles. The predicted molar refractivity (Wildman–Crippen MR) is 587 cm³/mol. The second-order valence-corrected chi connectivity index (χ2v) is 37.6. The number of nitrogens with one attached hydrogen (secondary N) is 5. The molecule has 10 fully saturated rings. The number of aryl methyl sites for hydroxylation is 2. The number of halogens is 5. The monoisotopic (exact) mass is 2090 g/mol. The number of rotatable bonds is 25. The number of hydrogen-bond donors (Lipinski definition) is 5. The van der Waals surface area contributed by atoms with Gasteiger partial charge in [-0.15, -0.1) is 0 Å². The highest BCUT2D eigenvalue weighted by Crippen LogP contribution is 2.39. The summed E-state index contributed by atoms with van der Waals surface area (Å²) >= 11 is 31.9. The van der Waals surface area contributed by atoms with Gasteiger partial charge in [-0.1, -0.05) is 119 Å². The minimum Gasteiger partial charge on any atom is -0.368 e. The summed E-state index contributed by atoms with van der Waals surface area (Å²) in [5.74, 6) is -8.48. The molecule has 5 heterocycles. The molecule has 0 unspecified atom stereocenters. The van der Waals surface area contributed by atoms with Crippen LogP contribution in [-0.4, -0.2) is 343 Å². The highest BCUT2D eigenvalue weighted by molar-refractivity contribution is 6.35. The average Bonchev–Trinajstić information content (AvgIpc) is 0.637. The first-order valence-electron chi connectivity index (χ1n) is 77.2. The summed E-state index contributed by atoms with van der Waals surface area (Å²) in [6.45, 7) is -28.9. The molecule has 0 spiro atoms. The maximum atomic E-state index is 12.8. The van der Waals surface area contributed by atoms with Gasteiger partial charge in [-0.25, -0.2) is 24.0 Å². The van der Waals surface area contributed by atoms with Gasteiger partial charge in [0.05, 0.1) is 79.6 Å². The van der Waals surface area contributed by atoms with E-state index in [1.165, 1.54) is 80.0 Å². The molecule has 5 aliphatic carbocycles. The number of piperazine rings is 5. The van der Waals surface area contributed by atoms with Crippen LogP contribution in [0.15, 0.2) is 90.8 Å². The zero-order chi connectivity index (χ0) is 155. The summed E-state index contributed by atoms with van der Waals surface area (Å²) in [6, 6.07) is -4.85. The lowest BCUT2D eigenvalue weighted by Crippen LogP contribution is -2.47. The van der Waals surface area contributed by atoms with Crippen LogP contribution in [-0.2, 0) is 0 Å². The Balaban J connectivity index is 0.000000235. The molecular weight excluding hydrogens is 1860 g/mol. The molecule has 25 nitrogen and oxygen atoms in total. The lowest BCUT2D eigenvalue weighted by molar-refractivity contribution is 0.194. The molecule has 0 radical (unpaired) electrons. The van der Waals surface area contributed by atoms with Gasteiger partial charge in [-0.2, -0.15) is 0 Å². The van der Waals surface area contributed by atoms with E-state index in [4.69, 9.17) is 142 Å². The molecule has 5 aromatic carbocycles. The first-order valence-corrected chi connectivity index (χ1v) is 48.6. The van der Waals surface area contributed by atoms with Crippen molar-refractivity contribution in [2.75, 3.05) is 258 Å². The number of carbonyl (C=O) groups is 5. The zero-order valence-corrected chi connectivity index (χ0v) is 85.4. The van der Waals surface area contributed by atoms with Crippen LogP contribution in [0.2, 0.25) is 25.1 Å². The SMILES string of the molecule is [2H]C([2H])([2H])N(C)C(=O)NC1([2H])C([2H])([2H])C([2H])([2H])C([2H])(C([2H])([2H])C([2H])([2H])N2C([2H])([2H])C([2H])([2H])N(c3cccc(C)c3Cl)C([2H])([2H])C2([2H])[2H])C([2H])([2H])C1([2H])[2H].[2H]C1([2H])N(c2cccc(C)c2Cl)C([2H])([2H])C([2H])([2H])N(C([2H])([2H])C([2H])([2H])C2([2H])C([2H])([2H])C([2H])([2H])C([2H])(NC(=O)N(C)C)C([2H])([2H])C2([2H])[2H])C1([2H])[2H].[2H]c1c([2H])c(C)c(Cl)c(N2CCN(CC([2H])([2H])C3CCC(NC(=O)N(C)C)CC3)CC2)c1[2H].[2H]c1c([2H])c(C)c(Cl)c(N2CCN(CCC3CCC(NC(=O)N(C)C([2H])([2H])[2H])CC3)CC2)c1[2H].[2H]c1c([2H])c(C)c(Cl)c(N2CCN(CCC3CCC(NC(=O)N(C)C)CC3)CC2)c1[2H]. The molecule has 140 heavy (non-hydrogen) atoms. The smallest absolute Gasteiger partial charge is 0.317 e. The zero-order valence-electron chi connectivity index (χ0n) is 143. The summed E-state index contributed by atoms with van der Waals surface area (Å²) in [5, 5.41) is 12.2. The Bertz CT molecular complexity index is 7550. The normalized spacial score (nSPS) is 38.4. The van der Waals surface area contributed by atoms with Gasteiger partial charge in [-0.05, 0) is 315 Å². The van der Waals surface area contributed by atoms with Crippen molar-refractivity contribution in [2.24, 2.45) is 29.5 Å². The second-order valence-electron chi connectivity index (χ2n) is 35.7. The van der Waals surface area contributed by atoms with Gasteiger partial charge in [0.2, 0.25) is 0 Å². The Morgan fingerprint density at radius 2 is 0.621 bits per heavy atom. The third-order valence-electron chi connectivity index (χ3n) is 24.7. The summed E-state index contributed by atoms with van der Waals surface area (Å²) < 4.78 is 517. The number of hydrogen-bond acceptors (Lipinski definition) is 15. The highest BCUT2D eigenvalue weighted by atomic mass is 35.5. The van der Waals surface area contributed by atoms with Crippen LogP contribution in [0, 0.1) is 64.2 Å². The Labute approximate surface area is 953 Å². The molecule has 0 atom stereocenters. The van der Waals surface area contributed by atoms with Crippen molar-refractivity contribution in [1.82, 2.24) is 75.6 Å². The Morgan fingerprint density at radius 1 is 0.336 bits per heavy atom. The average molecular weight is 2100 g/mol. The fraction of sp³-hybridized carbons (Fsp3) is 0.682. The van der Waals surface area contributed by atoms with E-state index in [1.807, 2.05) is 4.90 Å². The molecular formula is C110H175Cl5N20O5. The number of nitrogens with zero attached hydrogens (tertiary/aromatic N) is 15. The van der Waals surface area contributed by atoms with Crippen molar-refractivity contribution in [1.29, 1.82) is 0 Å². The van der Waals surface area contributed by atoms with Crippen molar-refractivity contribution < 1.29 is 108 Å². The molecule has 5 aromatic rings. The molecule has 5 N–H and O–H groups in total. The fourth-order valence-electron chi connectivity index (χ4n) is 16.1. The molecule has 15 rings (SSSR count). The summed E-state index contributed by atoms with van der Waals surface area (Å²) in [7, 11) is 10.9. The molecule has 780 valence electrons. The maximum Gasteiger partial charge on any atom is 0.317 e. The predicted octanol–water partition coefficient (Wildman–Crippen LogP) is 20.0. The number of carbonyl (C=O) groups excluding carboxylic acids is 5. The van der Waals surface area contributed by atoms with Crippen molar-refractivity contribution in [3.63, 3.8) is 0 Å². The van der Waals surface area contributed by atoms with Crippen LogP contribution in [0.25, 0.3) is 0 Å². The molecule has 5 aliphatic heterocycles. The van der Waals surface area contributed by atoms with E-state index >= 15 is 0 Å². The molecule has 30 heteroatoms. The van der Waals surface area contributed by atoms with E-state index in [1.54, 1.807) is 53.9 Å². The third-order valence-corrected chi connectivity index (χ3v) is 27.1. The minimum atomic E-state index is -5.00. The van der Waals surface area contributed by atoms with Crippen LogP contribution in [0.5, 0.6) is 0 Å².